The van der Waals surface area contributed by atoms with Crippen LogP contribution >= 0.6 is 0 Å². The first-order chi connectivity index (χ1) is 7.74. The number of hydrogen-bond acceptors (Lipinski definition) is 4. The molecule has 1 atom stereocenters. The molecule has 6 nitrogen and oxygen atoms in total. The van der Waals surface area contributed by atoms with E-state index in [9.17, 15) is 0 Å². The van der Waals surface area contributed by atoms with Crippen LogP contribution in [0.3, 0.4) is 0 Å². The summed E-state index contributed by atoms with van der Waals surface area (Å²) in [5, 5.41) is 7.93. The van der Waals surface area contributed by atoms with Crippen molar-refractivity contribution in [2.24, 2.45) is 12.8 Å². The molecule has 0 fully saturated rings. The normalized spacial score (nSPS) is 12.9. The molecule has 0 bridgehead atoms. The van der Waals surface area contributed by atoms with E-state index in [-0.39, 0.29) is 6.04 Å². The van der Waals surface area contributed by atoms with Gasteiger partial charge in [-0.05, 0) is 6.42 Å². The second-order valence-corrected chi connectivity index (χ2v) is 3.79. The maximum absolute atomic E-state index is 6.18. The Morgan fingerprint density at radius 3 is 2.81 bits per heavy atom. The highest BCUT2D eigenvalue weighted by Crippen LogP contribution is 2.17. The minimum absolute atomic E-state index is 0.228. The van der Waals surface area contributed by atoms with Gasteiger partial charge < -0.3 is 10.3 Å². The average molecular weight is 220 g/mol. The Balaban J connectivity index is 2.30. The fraction of sp³-hybridized carbons (Fsp3) is 0.500. The summed E-state index contributed by atoms with van der Waals surface area (Å²) in [6.07, 6.45) is 6.24. The number of rotatable bonds is 4. The van der Waals surface area contributed by atoms with Gasteiger partial charge in [-0.25, -0.2) is 9.67 Å². The van der Waals surface area contributed by atoms with E-state index in [1.807, 2.05) is 16.3 Å². The summed E-state index contributed by atoms with van der Waals surface area (Å²) < 4.78 is 3.76. The van der Waals surface area contributed by atoms with Crippen LogP contribution in [0.4, 0.5) is 0 Å². The molecule has 0 aliphatic heterocycles. The first-order valence-electron chi connectivity index (χ1n) is 5.34. The monoisotopic (exact) mass is 220 g/mol. The quantitative estimate of drug-likeness (QED) is 0.812. The van der Waals surface area contributed by atoms with Crippen LogP contribution in [0.2, 0.25) is 0 Å². The third-order valence-electron chi connectivity index (χ3n) is 2.57. The largest absolute Gasteiger partial charge is 0.336 e. The van der Waals surface area contributed by atoms with Gasteiger partial charge >= 0.3 is 0 Å². The maximum Gasteiger partial charge on any atom is 0.0946 e. The van der Waals surface area contributed by atoms with E-state index < -0.39 is 0 Å². The Labute approximate surface area is 94.1 Å². The molecule has 0 radical (unpaired) electrons. The molecule has 2 N–H and O–H groups in total. The predicted molar refractivity (Wildman–Crippen MR) is 59.6 cm³/mol. The standard InChI is InChI=1S/C10H16N6/c1-3-4-16-9(6-13-14-16)10(11)8-5-12-7-15(8)2/h5-7,10H,3-4,11H2,1-2H3. The van der Waals surface area contributed by atoms with E-state index in [1.54, 1.807) is 18.7 Å². The van der Waals surface area contributed by atoms with Gasteiger partial charge in [-0.3, -0.25) is 0 Å². The van der Waals surface area contributed by atoms with Crippen LogP contribution in [-0.2, 0) is 13.6 Å². The summed E-state index contributed by atoms with van der Waals surface area (Å²) in [7, 11) is 1.93. The van der Waals surface area contributed by atoms with Crippen LogP contribution in [0, 0.1) is 0 Å². The Bertz CT molecular complexity index is 457. The summed E-state index contributed by atoms with van der Waals surface area (Å²) in [4.78, 5) is 4.06. The molecule has 0 aliphatic rings. The zero-order valence-corrected chi connectivity index (χ0v) is 9.54. The first-order valence-corrected chi connectivity index (χ1v) is 5.34. The SMILES string of the molecule is CCCn1nncc1C(N)c1cncn1C. The highest BCUT2D eigenvalue weighted by molar-refractivity contribution is 5.17. The van der Waals surface area contributed by atoms with Crippen LogP contribution in [0.5, 0.6) is 0 Å². The van der Waals surface area contributed by atoms with Crippen molar-refractivity contribution in [3.63, 3.8) is 0 Å². The summed E-state index contributed by atoms with van der Waals surface area (Å²) in [5.74, 6) is 0. The lowest BCUT2D eigenvalue weighted by Crippen LogP contribution is -2.19. The van der Waals surface area contributed by atoms with E-state index in [0.717, 1.165) is 24.4 Å². The molecular formula is C10H16N6. The van der Waals surface area contributed by atoms with Gasteiger partial charge in [0, 0.05) is 13.6 Å². The summed E-state index contributed by atoms with van der Waals surface area (Å²) in [6.45, 7) is 2.93. The number of aromatic nitrogens is 5. The van der Waals surface area contributed by atoms with E-state index in [4.69, 9.17) is 5.73 Å². The van der Waals surface area contributed by atoms with Gasteiger partial charge in [-0.1, -0.05) is 12.1 Å². The number of aryl methyl sites for hydroxylation is 2. The lowest BCUT2D eigenvalue weighted by atomic mass is 10.1. The molecule has 0 amide bonds. The van der Waals surface area contributed by atoms with Crippen molar-refractivity contribution in [2.75, 3.05) is 0 Å². The smallest absolute Gasteiger partial charge is 0.0946 e. The Morgan fingerprint density at radius 1 is 1.38 bits per heavy atom. The molecule has 16 heavy (non-hydrogen) atoms. The molecule has 0 spiro atoms. The van der Waals surface area contributed by atoms with Crippen molar-refractivity contribution in [1.29, 1.82) is 0 Å². The van der Waals surface area contributed by atoms with Crippen molar-refractivity contribution < 1.29 is 0 Å². The topological polar surface area (TPSA) is 74.6 Å². The predicted octanol–water partition coefficient (Wildman–Crippen LogP) is 0.470. The van der Waals surface area contributed by atoms with Gasteiger partial charge in [0.05, 0.1) is 36.2 Å². The van der Waals surface area contributed by atoms with Gasteiger partial charge in [0.1, 0.15) is 0 Å². The van der Waals surface area contributed by atoms with Crippen LogP contribution in [0.15, 0.2) is 18.7 Å². The third kappa shape index (κ3) is 1.83. The Kier molecular flexibility index (Phi) is 3.00. The fourth-order valence-electron chi connectivity index (χ4n) is 1.71. The van der Waals surface area contributed by atoms with Gasteiger partial charge in [0.15, 0.2) is 0 Å². The minimum Gasteiger partial charge on any atom is -0.336 e. The second kappa shape index (κ2) is 4.44. The molecular weight excluding hydrogens is 204 g/mol. The van der Waals surface area contributed by atoms with E-state index in [0.29, 0.717) is 0 Å². The number of hydrogen-bond donors (Lipinski definition) is 1. The lowest BCUT2D eigenvalue weighted by Gasteiger charge is -2.13. The van der Waals surface area contributed by atoms with Crippen LogP contribution in [0.1, 0.15) is 30.8 Å². The molecule has 2 heterocycles. The van der Waals surface area contributed by atoms with Crippen molar-refractivity contribution in [1.82, 2.24) is 24.5 Å². The average Bonchev–Trinajstić information content (AvgIpc) is 2.87. The molecule has 2 aromatic rings. The van der Waals surface area contributed by atoms with E-state index in [2.05, 4.69) is 22.2 Å². The van der Waals surface area contributed by atoms with Gasteiger partial charge in [0.25, 0.3) is 0 Å². The summed E-state index contributed by atoms with van der Waals surface area (Å²) in [6, 6.07) is -0.228. The molecule has 0 aliphatic carbocycles. The van der Waals surface area contributed by atoms with Gasteiger partial charge in [-0.2, -0.15) is 0 Å². The van der Waals surface area contributed by atoms with Crippen molar-refractivity contribution in [3.8, 4) is 0 Å². The second-order valence-electron chi connectivity index (χ2n) is 3.79. The van der Waals surface area contributed by atoms with Crippen molar-refractivity contribution >= 4 is 0 Å². The molecule has 2 rings (SSSR count). The fourth-order valence-corrected chi connectivity index (χ4v) is 1.71. The third-order valence-corrected chi connectivity index (χ3v) is 2.57. The lowest BCUT2D eigenvalue weighted by molar-refractivity contribution is 0.538. The zero-order chi connectivity index (χ0) is 11.5. The first kappa shape index (κ1) is 10.8. The van der Waals surface area contributed by atoms with E-state index in [1.165, 1.54) is 0 Å². The number of nitrogens with zero attached hydrogens (tertiary/aromatic N) is 5. The Hall–Kier alpha value is -1.69. The number of imidazole rings is 1. The summed E-state index contributed by atoms with van der Waals surface area (Å²) >= 11 is 0. The van der Waals surface area contributed by atoms with Crippen LogP contribution in [0.25, 0.3) is 0 Å². The molecule has 0 saturated carbocycles. The molecule has 86 valence electrons. The highest BCUT2D eigenvalue weighted by atomic mass is 15.4. The van der Waals surface area contributed by atoms with E-state index >= 15 is 0 Å². The Morgan fingerprint density at radius 2 is 2.19 bits per heavy atom. The highest BCUT2D eigenvalue weighted by Gasteiger charge is 2.17. The minimum atomic E-state index is -0.228. The number of nitrogens with two attached hydrogens (primary N) is 1. The summed E-state index contributed by atoms with van der Waals surface area (Å²) in [5.41, 5.74) is 8.06. The zero-order valence-electron chi connectivity index (χ0n) is 9.54. The molecule has 0 aromatic carbocycles. The molecule has 6 heteroatoms. The molecule has 0 saturated heterocycles. The van der Waals surface area contributed by atoms with Crippen LogP contribution in [-0.4, -0.2) is 24.5 Å². The van der Waals surface area contributed by atoms with Crippen molar-refractivity contribution in [3.05, 3.63) is 30.1 Å². The molecule has 2 aromatic heterocycles. The van der Waals surface area contributed by atoms with Crippen molar-refractivity contribution in [2.45, 2.75) is 25.9 Å². The van der Waals surface area contributed by atoms with Gasteiger partial charge in [0.2, 0.25) is 0 Å². The van der Waals surface area contributed by atoms with Crippen LogP contribution < -0.4 is 5.73 Å². The van der Waals surface area contributed by atoms with Gasteiger partial charge in [-0.15, -0.1) is 5.10 Å². The maximum atomic E-state index is 6.18. The molecule has 1 unspecified atom stereocenters.